The first kappa shape index (κ1) is 21.4. The van der Waals surface area contributed by atoms with Crippen molar-refractivity contribution in [1.82, 2.24) is 15.2 Å². The fraction of sp³-hybridized carbons (Fsp3) is 0.333. The molecule has 0 bridgehead atoms. The maximum Gasteiger partial charge on any atom is 0.290 e. The Balaban J connectivity index is 1.28. The lowest BCUT2D eigenvalue weighted by Gasteiger charge is -2.39. The lowest BCUT2D eigenvalue weighted by molar-refractivity contribution is -0.0415. The van der Waals surface area contributed by atoms with Gasteiger partial charge in [-0.1, -0.05) is 6.07 Å². The summed E-state index contributed by atoms with van der Waals surface area (Å²) in [6, 6.07) is 6.01. The van der Waals surface area contributed by atoms with Gasteiger partial charge in [0.2, 0.25) is 0 Å². The predicted octanol–water partition coefficient (Wildman–Crippen LogP) is 2.73. The van der Waals surface area contributed by atoms with Crippen molar-refractivity contribution in [3.63, 3.8) is 0 Å². The topological polar surface area (TPSA) is 96.7 Å². The van der Waals surface area contributed by atoms with Crippen LogP contribution in [0.4, 0.5) is 8.78 Å². The van der Waals surface area contributed by atoms with E-state index in [2.05, 4.69) is 10.7 Å². The summed E-state index contributed by atoms with van der Waals surface area (Å²) >= 11 is 1.16. The van der Waals surface area contributed by atoms with Crippen LogP contribution in [0.3, 0.4) is 0 Å². The average molecular weight is 481 g/mol. The lowest BCUT2D eigenvalue weighted by atomic mass is 9.83. The first-order chi connectivity index (χ1) is 15.3. The number of nitrogens with zero attached hydrogens (tertiary/aromatic N) is 1. The summed E-state index contributed by atoms with van der Waals surface area (Å²) in [6.07, 6.45) is 3.78. The van der Waals surface area contributed by atoms with E-state index in [1.807, 2.05) is 0 Å². The van der Waals surface area contributed by atoms with Crippen LogP contribution >= 0.6 is 11.3 Å². The summed E-state index contributed by atoms with van der Waals surface area (Å²) in [5, 5.41) is 5.03. The van der Waals surface area contributed by atoms with Gasteiger partial charge in [0, 0.05) is 36.0 Å². The Labute approximate surface area is 188 Å². The number of hydrogen-bond acceptors (Lipinski definition) is 7. The second kappa shape index (κ2) is 8.14. The number of nitrogens with one attached hydrogen (secondary N) is 2. The van der Waals surface area contributed by atoms with E-state index in [0.717, 1.165) is 39.5 Å². The Hall–Kier alpha value is -2.47. The Kier molecular flexibility index (Phi) is 5.44. The van der Waals surface area contributed by atoms with Gasteiger partial charge in [0.1, 0.15) is 21.9 Å². The van der Waals surface area contributed by atoms with Crippen molar-refractivity contribution in [2.75, 3.05) is 6.61 Å². The zero-order valence-electron chi connectivity index (χ0n) is 16.9. The fourth-order valence-electron chi connectivity index (χ4n) is 4.37. The quantitative estimate of drug-likeness (QED) is 0.623. The molecular weight excluding hydrogens is 458 g/mol. The lowest BCUT2D eigenvalue weighted by Crippen LogP contribution is -2.47. The van der Waals surface area contributed by atoms with Crippen molar-refractivity contribution in [2.24, 2.45) is 11.7 Å². The van der Waals surface area contributed by atoms with Crippen LogP contribution in [0.25, 0.3) is 0 Å². The number of nitrogens with two attached hydrogens (primary N) is 1. The monoisotopic (exact) mass is 480 g/mol. The van der Waals surface area contributed by atoms with Crippen molar-refractivity contribution in [1.29, 1.82) is 0 Å². The number of halogens is 2. The third kappa shape index (κ3) is 3.79. The van der Waals surface area contributed by atoms with E-state index >= 15 is 0 Å². The van der Waals surface area contributed by atoms with Gasteiger partial charge in [0.15, 0.2) is 0 Å². The summed E-state index contributed by atoms with van der Waals surface area (Å²) in [5.41, 5.74) is 10.9. The van der Waals surface area contributed by atoms with Gasteiger partial charge in [0.25, 0.3) is 10.0 Å². The number of hydrogen-bond donors (Lipinski definition) is 3. The van der Waals surface area contributed by atoms with E-state index in [0.29, 0.717) is 25.1 Å². The van der Waals surface area contributed by atoms with E-state index < -0.39 is 33.8 Å². The number of sulfonamides is 1. The minimum absolute atomic E-state index is 0.0273. The molecule has 0 saturated carbocycles. The molecule has 0 amide bonds. The van der Waals surface area contributed by atoms with E-state index in [-0.39, 0.29) is 21.7 Å². The van der Waals surface area contributed by atoms with Crippen LogP contribution in [0, 0.1) is 17.6 Å². The Morgan fingerprint density at radius 2 is 2.09 bits per heavy atom. The zero-order valence-corrected chi connectivity index (χ0v) is 18.5. The van der Waals surface area contributed by atoms with Gasteiger partial charge in [-0.25, -0.2) is 8.78 Å². The Morgan fingerprint density at radius 3 is 2.84 bits per heavy atom. The van der Waals surface area contributed by atoms with E-state index in [4.69, 9.17) is 10.5 Å². The maximum absolute atomic E-state index is 14.2. The number of hydrazine groups is 1. The fourth-order valence-corrected chi connectivity index (χ4v) is 6.64. The van der Waals surface area contributed by atoms with Crippen LogP contribution in [-0.4, -0.2) is 31.5 Å². The molecule has 3 aliphatic heterocycles. The number of allylic oxidation sites excluding steroid dienone is 1. The molecular formula is C21H22F2N4O3S2. The van der Waals surface area contributed by atoms with Crippen LogP contribution in [0.15, 0.2) is 63.6 Å². The van der Waals surface area contributed by atoms with Crippen LogP contribution in [0.2, 0.25) is 0 Å². The van der Waals surface area contributed by atoms with Crippen molar-refractivity contribution < 1.29 is 21.9 Å². The second-order valence-corrected chi connectivity index (χ2v) is 11.1. The molecule has 1 aromatic heterocycles. The van der Waals surface area contributed by atoms with Gasteiger partial charge >= 0.3 is 0 Å². The summed E-state index contributed by atoms with van der Waals surface area (Å²) in [6.45, 7) is 0.326. The molecule has 32 heavy (non-hydrogen) atoms. The Morgan fingerprint density at radius 1 is 1.25 bits per heavy atom. The normalized spacial score (nSPS) is 27.8. The van der Waals surface area contributed by atoms with Crippen LogP contribution in [-0.2, 0) is 14.8 Å². The van der Waals surface area contributed by atoms with E-state index in [1.165, 1.54) is 0 Å². The number of benzene rings is 1. The van der Waals surface area contributed by atoms with E-state index in [1.54, 1.807) is 29.9 Å². The molecule has 1 aromatic carbocycles. The third-order valence-electron chi connectivity index (χ3n) is 6.03. The maximum atomic E-state index is 14.2. The Bertz CT molecular complexity index is 1180. The average Bonchev–Trinajstić information content (AvgIpc) is 3.46. The minimum Gasteiger partial charge on any atom is -0.386 e. The largest absolute Gasteiger partial charge is 0.386 e. The standard InChI is InChI=1S/C21H22F2N4O3S2/c22-14-3-4-16(23)15(8-14)21-17(24)6-13(11-30-21)18-7-12-10-27(26-19(12)9-25-18)32(28,29)20-2-1-5-31-20/h1-5,8-10,13,17-18,21,25-26H,6-7,11,24H2/t13-,17-,18?,21+/m0/s1. The number of ether oxygens (including phenoxy) is 1. The molecule has 1 fully saturated rings. The zero-order chi connectivity index (χ0) is 22.5. The summed E-state index contributed by atoms with van der Waals surface area (Å²) in [5.74, 6) is -1.05. The highest BCUT2D eigenvalue weighted by atomic mass is 32.2. The van der Waals surface area contributed by atoms with Gasteiger partial charge in [-0.2, -0.15) is 12.8 Å². The van der Waals surface area contributed by atoms with Gasteiger partial charge in [-0.05, 0) is 48.1 Å². The SMILES string of the molecule is N[C@H]1C[C@H](C2CC3=CN(S(=O)(=O)c4cccs4)NC3=CN2)CO[C@@H]1c1cc(F)ccc1F. The van der Waals surface area contributed by atoms with Gasteiger partial charge in [0.05, 0.1) is 12.3 Å². The van der Waals surface area contributed by atoms with Crippen molar-refractivity contribution >= 4 is 21.4 Å². The van der Waals surface area contributed by atoms with Crippen molar-refractivity contribution in [2.45, 2.75) is 35.2 Å². The first-order valence-corrected chi connectivity index (χ1v) is 12.5. The predicted molar refractivity (Wildman–Crippen MR) is 115 cm³/mol. The summed E-state index contributed by atoms with van der Waals surface area (Å²) in [7, 11) is -3.67. The highest BCUT2D eigenvalue weighted by molar-refractivity contribution is 7.91. The first-order valence-electron chi connectivity index (χ1n) is 10.2. The summed E-state index contributed by atoms with van der Waals surface area (Å²) < 4.78 is 60.6. The smallest absolute Gasteiger partial charge is 0.290 e. The molecule has 2 aromatic rings. The van der Waals surface area contributed by atoms with E-state index in [9.17, 15) is 17.2 Å². The second-order valence-electron chi connectivity index (χ2n) is 8.11. The van der Waals surface area contributed by atoms with Gasteiger partial charge in [-0.3, -0.25) is 5.43 Å². The number of thiophene rings is 1. The van der Waals surface area contributed by atoms with Crippen molar-refractivity contribution in [3.05, 3.63) is 76.6 Å². The minimum atomic E-state index is -3.67. The van der Waals surface area contributed by atoms with Crippen molar-refractivity contribution in [3.8, 4) is 0 Å². The van der Waals surface area contributed by atoms with Crippen LogP contribution < -0.4 is 16.5 Å². The molecule has 4 atom stereocenters. The molecule has 4 N–H and O–H groups in total. The number of fused-ring (bicyclic) bond motifs is 1. The molecule has 5 rings (SSSR count). The third-order valence-corrected chi connectivity index (χ3v) is 8.97. The molecule has 0 radical (unpaired) electrons. The molecule has 0 spiro atoms. The van der Waals surface area contributed by atoms with Crippen LogP contribution in [0.1, 0.15) is 24.5 Å². The highest BCUT2D eigenvalue weighted by Gasteiger charge is 2.38. The molecule has 11 heteroatoms. The molecule has 1 unspecified atom stereocenters. The molecule has 0 aliphatic carbocycles. The molecule has 170 valence electrons. The van der Waals surface area contributed by atoms with Gasteiger partial charge < -0.3 is 15.8 Å². The highest BCUT2D eigenvalue weighted by Crippen LogP contribution is 2.37. The van der Waals surface area contributed by atoms with Gasteiger partial charge in [-0.15, -0.1) is 11.3 Å². The van der Waals surface area contributed by atoms with Crippen LogP contribution in [0.5, 0.6) is 0 Å². The molecule has 4 heterocycles. The summed E-state index contributed by atoms with van der Waals surface area (Å²) in [4.78, 5) is 0. The molecule has 3 aliphatic rings. The number of rotatable bonds is 4. The molecule has 7 nitrogen and oxygen atoms in total. The molecule has 1 saturated heterocycles.